The number of rotatable bonds is 0. The van der Waals surface area contributed by atoms with E-state index in [2.05, 4.69) is 10.9 Å². The van der Waals surface area contributed by atoms with Crippen LogP contribution in [0.5, 0.6) is 0 Å². The van der Waals surface area contributed by atoms with Crippen LogP contribution in [-0.2, 0) is 4.74 Å². The average Bonchev–Trinajstić information content (AvgIpc) is 2.19. The first kappa shape index (κ1) is 5.61. The normalized spacial score (nSPS) is 49.7. The van der Waals surface area contributed by atoms with E-state index < -0.39 is 0 Å². The minimum atomic E-state index is -0.314. The molecule has 2 saturated heterocycles. The van der Waals surface area contributed by atoms with E-state index in [-0.39, 0.29) is 18.2 Å². The lowest BCUT2D eigenvalue weighted by Crippen LogP contribution is -2.56. The molecule has 2 bridgehead atoms. The number of ether oxygens (including phenoxy) is 1. The van der Waals surface area contributed by atoms with Crippen LogP contribution in [0.2, 0.25) is 0 Å². The fraction of sp³-hybridized carbons (Fsp3) is 1.00. The maximum atomic E-state index is 9.28. The number of fused-ring (bicyclic) bond motifs is 2. The van der Waals surface area contributed by atoms with Gasteiger partial charge in [-0.3, -0.25) is 5.43 Å². The highest BCUT2D eigenvalue weighted by Gasteiger charge is 2.38. The van der Waals surface area contributed by atoms with Crippen LogP contribution in [0.1, 0.15) is 0 Å². The smallest absolute Gasteiger partial charge is 0.100 e. The first-order valence-electron chi connectivity index (χ1n) is 3.16. The molecular formula is C5H10N2O2. The van der Waals surface area contributed by atoms with E-state index in [9.17, 15) is 5.11 Å². The maximum Gasteiger partial charge on any atom is 0.100 e. The summed E-state index contributed by atoms with van der Waals surface area (Å²) in [6.07, 6.45) is -0.303. The van der Waals surface area contributed by atoms with Gasteiger partial charge >= 0.3 is 0 Å². The zero-order valence-electron chi connectivity index (χ0n) is 5.00. The van der Waals surface area contributed by atoms with Gasteiger partial charge in [0.2, 0.25) is 0 Å². The quantitative estimate of drug-likeness (QED) is 0.363. The molecule has 2 fully saturated rings. The highest BCUT2D eigenvalue weighted by Crippen LogP contribution is 2.15. The molecule has 0 aliphatic carbocycles. The largest absolute Gasteiger partial charge is 0.389 e. The Bertz CT molecular complexity index is 104. The molecule has 0 saturated carbocycles. The Morgan fingerprint density at radius 1 is 1.56 bits per heavy atom. The highest BCUT2D eigenvalue weighted by molar-refractivity contribution is 4.91. The van der Waals surface area contributed by atoms with E-state index in [1.54, 1.807) is 0 Å². The summed E-state index contributed by atoms with van der Waals surface area (Å²) in [7, 11) is 0. The molecule has 2 aliphatic heterocycles. The fourth-order valence-electron chi connectivity index (χ4n) is 1.28. The summed E-state index contributed by atoms with van der Waals surface area (Å²) >= 11 is 0. The first-order valence-corrected chi connectivity index (χ1v) is 3.16. The molecule has 2 rings (SSSR count). The Morgan fingerprint density at radius 3 is 3.11 bits per heavy atom. The minimum Gasteiger partial charge on any atom is -0.389 e. The second-order valence-corrected chi connectivity index (χ2v) is 2.49. The van der Waals surface area contributed by atoms with Crippen molar-refractivity contribution in [2.75, 3.05) is 13.2 Å². The van der Waals surface area contributed by atoms with Crippen LogP contribution < -0.4 is 10.9 Å². The molecule has 2 heterocycles. The molecule has 0 aromatic rings. The van der Waals surface area contributed by atoms with Gasteiger partial charge in [0.05, 0.1) is 18.8 Å². The summed E-state index contributed by atoms with van der Waals surface area (Å²) in [6.45, 7) is 1.33. The lowest BCUT2D eigenvalue weighted by atomic mass is 10.1. The number of hydrogen-bond acceptors (Lipinski definition) is 4. The van der Waals surface area contributed by atoms with Crippen molar-refractivity contribution in [1.29, 1.82) is 0 Å². The van der Waals surface area contributed by atoms with Crippen molar-refractivity contribution in [3.63, 3.8) is 0 Å². The molecule has 2 aliphatic rings. The number of aliphatic hydroxyl groups excluding tert-OH is 1. The summed E-state index contributed by atoms with van der Waals surface area (Å²) in [6, 6.07) is 0.101. The number of hydrogen-bond donors (Lipinski definition) is 3. The maximum absolute atomic E-state index is 9.28. The van der Waals surface area contributed by atoms with Crippen LogP contribution >= 0.6 is 0 Å². The van der Waals surface area contributed by atoms with Crippen molar-refractivity contribution in [2.24, 2.45) is 0 Å². The molecule has 0 unspecified atom stereocenters. The van der Waals surface area contributed by atoms with Crippen molar-refractivity contribution < 1.29 is 9.84 Å². The average molecular weight is 130 g/mol. The van der Waals surface area contributed by atoms with Crippen molar-refractivity contribution in [1.82, 2.24) is 10.9 Å². The molecular weight excluding hydrogens is 120 g/mol. The van der Waals surface area contributed by atoms with Gasteiger partial charge in [-0.15, -0.1) is 0 Å². The second-order valence-electron chi connectivity index (χ2n) is 2.49. The molecule has 0 amide bonds. The fourth-order valence-corrected chi connectivity index (χ4v) is 1.28. The van der Waals surface area contributed by atoms with E-state index in [0.717, 1.165) is 0 Å². The van der Waals surface area contributed by atoms with Crippen LogP contribution in [-0.4, -0.2) is 36.5 Å². The Kier molecular flexibility index (Phi) is 1.19. The summed E-state index contributed by atoms with van der Waals surface area (Å²) in [5, 5.41) is 9.28. The zero-order valence-corrected chi connectivity index (χ0v) is 5.00. The highest BCUT2D eigenvalue weighted by atomic mass is 16.5. The van der Waals surface area contributed by atoms with Crippen LogP contribution in [0.3, 0.4) is 0 Å². The first-order chi connectivity index (χ1) is 4.38. The Labute approximate surface area is 53.2 Å². The molecule has 52 valence electrons. The van der Waals surface area contributed by atoms with E-state index in [0.29, 0.717) is 13.2 Å². The van der Waals surface area contributed by atoms with Crippen LogP contribution in [0.15, 0.2) is 0 Å². The van der Waals surface area contributed by atoms with Gasteiger partial charge in [-0.1, -0.05) is 0 Å². The van der Waals surface area contributed by atoms with E-state index in [1.165, 1.54) is 0 Å². The van der Waals surface area contributed by atoms with Gasteiger partial charge in [0, 0.05) is 6.54 Å². The third-order valence-corrected chi connectivity index (χ3v) is 1.87. The molecule has 4 nitrogen and oxygen atoms in total. The molecule has 0 aromatic carbocycles. The zero-order chi connectivity index (χ0) is 6.27. The van der Waals surface area contributed by atoms with E-state index >= 15 is 0 Å². The lowest BCUT2D eigenvalue weighted by Gasteiger charge is -2.24. The lowest BCUT2D eigenvalue weighted by molar-refractivity contribution is 0.0270. The molecule has 0 radical (unpaired) electrons. The third-order valence-electron chi connectivity index (χ3n) is 1.87. The molecule has 3 N–H and O–H groups in total. The van der Waals surface area contributed by atoms with Crippen LogP contribution in [0, 0.1) is 0 Å². The summed E-state index contributed by atoms with van der Waals surface area (Å²) in [4.78, 5) is 0. The van der Waals surface area contributed by atoms with Gasteiger partial charge in [0.15, 0.2) is 0 Å². The second kappa shape index (κ2) is 1.91. The van der Waals surface area contributed by atoms with E-state index in [4.69, 9.17) is 4.74 Å². The number of hydrazine groups is 1. The predicted octanol–water partition coefficient (Wildman–Crippen LogP) is -1.78. The van der Waals surface area contributed by atoms with Gasteiger partial charge in [-0.05, 0) is 0 Å². The minimum absolute atomic E-state index is 0.0104. The monoisotopic (exact) mass is 130 g/mol. The molecule has 0 aromatic heterocycles. The molecule has 9 heavy (non-hydrogen) atoms. The van der Waals surface area contributed by atoms with Crippen molar-refractivity contribution in [2.45, 2.75) is 18.2 Å². The van der Waals surface area contributed by atoms with Gasteiger partial charge < -0.3 is 9.84 Å². The van der Waals surface area contributed by atoms with Crippen molar-refractivity contribution in [3.8, 4) is 0 Å². The van der Waals surface area contributed by atoms with Crippen LogP contribution in [0.4, 0.5) is 0 Å². The van der Waals surface area contributed by atoms with Crippen molar-refractivity contribution in [3.05, 3.63) is 0 Å². The predicted molar refractivity (Wildman–Crippen MR) is 30.7 cm³/mol. The Morgan fingerprint density at radius 2 is 2.44 bits per heavy atom. The molecule has 3 atom stereocenters. The Balaban J connectivity index is 2.10. The van der Waals surface area contributed by atoms with Gasteiger partial charge in [-0.2, -0.15) is 0 Å². The topological polar surface area (TPSA) is 53.5 Å². The molecule has 4 heteroatoms. The van der Waals surface area contributed by atoms with E-state index in [1.807, 2.05) is 0 Å². The Hall–Kier alpha value is -0.160. The summed E-state index contributed by atoms with van der Waals surface area (Å²) < 4.78 is 5.21. The third kappa shape index (κ3) is 0.753. The summed E-state index contributed by atoms with van der Waals surface area (Å²) in [5.74, 6) is 0. The molecule has 0 spiro atoms. The van der Waals surface area contributed by atoms with Gasteiger partial charge in [-0.25, -0.2) is 5.43 Å². The van der Waals surface area contributed by atoms with Gasteiger partial charge in [0.25, 0.3) is 0 Å². The number of aliphatic hydroxyl groups is 1. The van der Waals surface area contributed by atoms with Gasteiger partial charge in [0.1, 0.15) is 6.10 Å². The summed E-state index contributed by atoms with van der Waals surface area (Å²) in [5.41, 5.74) is 5.88. The van der Waals surface area contributed by atoms with Crippen LogP contribution in [0.25, 0.3) is 0 Å². The number of nitrogens with one attached hydrogen (secondary N) is 2. The standard InChI is InChI=1S/C5H10N2O2/c8-5-3-2-9-4(5)1-6-7-3/h3-8H,1-2H2/t3-,4-,5-/m1/s1. The SMILES string of the molecule is O[C@@H]1[C@H]2CO[C@@H]1CNN2. The van der Waals surface area contributed by atoms with Crippen molar-refractivity contribution >= 4 is 0 Å².